The lowest BCUT2D eigenvalue weighted by molar-refractivity contribution is -0.123. The monoisotopic (exact) mass is 570 g/mol. The van der Waals surface area contributed by atoms with E-state index in [0.29, 0.717) is 26.9 Å². The Morgan fingerprint density at radius 2 is 1.89 bits per heavy atom. The molecule has 0 aromatic heterocycles. The van der Waals surface area contributed by atoms with Crippen molar-refractivity contribution in [2.75, 3.05) is 11.9 Å². The molecule has 1 N–H and O–H groups in total. The maximum atomic E-state index is 12.8. The number of hydrogen-bond donors (Lipinski definition) is 1. The fourth-order valence-electron chi connectivity index (χ4n) is 3.27. The smallest absolute Gasteiger partial charge is 0.293 e. The zero-order valence-corrected chi connectivity index (χ0v) is 21.7. The third-order valence-corrected chi connectivity index (χ3v) is 6.95. The number of halogens is 2. The first-order valence-electron chi connectivity index (χ1n) is 10.6. The Bertz CT molecular complexity index is 1330. The Morgan fingerprint density at radius 1 is 1.11 bits per heavy atom. The topological polar surface area (TPSA) is 75.7 Å². The number of imide groups is 1. The van der Waals surface area contributed by atoms with Crippen molar-refractivity contribution in [2.45, 2.75) is 13.5 Å². The Morgan fingerprint density at radius 3 is 2.63 bits per heavy atom. The highest BCUT2D eigenvalue weighted by Crippen LogP contribution is 2.34. The highest BCUT2D eigenvalue weighted by molar-refractivity contribution is 9.10. The van der Waals surface area contributed by atoms with Crippen LogP contribution in [0.1, 0.15) is 16.7 Å². The van der Waals surface area contributed by atoms with Crippen molar-refractivity contribution in [3.63, 3.8) is 0 Å². The number of nitrogens with zero attached hydrogens (tertiary/aromatic N) is 1. The molecule has 35 heavy (non-hydrogen) atoms. The van der Waals surface area contributed by atoms with Crippen molar-refractivity contribution in [1.29, 1.82) is 0 Å². The van der Waals surface area contributed by atoms with Crippen LogP contribution in [0.25, 0.3) is 6.08 Å². The van der Waals surface area contributed by atoms with Crippen molar-refractivity contribution in [2.24, 2.45) is 0 Å². The molecular formula is C26H20BrClN2O4S. The molecule has 0 aliphatic carbocycles. The van der Waals surface area contributed by atoms with Gasteiger partial charge in [-0.3, -0.25) is 19.3 Å². The van der Waals surface area contributed by atoms with Gasteiger partial charge < -0.3 is 10.1 Å². The maximum Gasteiger partial charge on any atom is 0.293 e. The molecule has 6 nitrogen and oxygen atoms in total. The molecule has 3 aromatic rings. The second kappa shape index (κ2) is 11.1. The normalized spacial score (nSPS) is 14.5. The predicted octanol–water partition coefficient (Wildman–Crippen LogP) is 6.66. The molecule has 4 rings (SSSR count). The third kappa shape index (κ3) is 6.54. The predicted molar refractivity (Wildman–Crippen MR) is 142 cm³/mol. The number of carbonyl (C=O) groups excluding carboxylic acids is 3. The van der Waals surface area contributed by atoms with Crippen molar-refractivity contribution in [3.8, 4) is 5.75 Å². The van der Waals surface area contributed by atoms with Gasteiger partial charge in [0.15, 0.2) is 6.61 Å². The number of ether oxygens (including phenoxy) is 1. The van der Waals surface area contributed by atoms with Crippen molar-refractivity contribution in [3.05, 3.63) is 97.8 Å². The van der Waals surface area contributed by atoms with Crippen LogP contribution in [0.3, 0.4) is 0 Å². The number of thioether (sulfide) groups is 1. The summed E-state index contributed by atoms with van der Waals surface area (Å²) in [4.78, 5) is 39.1. The van der Waals surface area contributed by atoms with Crippen LogP contribution in [0.4, 0.5) is 10.5 Å². The molecule has 1 aliphatic rings. The molecule has 0 radical (unpaired) electrons. The molecule has 0 saturated carbocycles. The first kappa shape index (κ1) is 25.0. The number of amides is 3. The molecule has 0 spiro atoms. The van der Waals surface area contributed by atoms with Crippen molar-refractivity contribution < 1.29 is 19.1 Å². The van der Waals surface area contributed by atoms with E-state index < -0.39 is 0 Å². The molecule has 0 atom stereocenters. The van der Waals surface area contributed by atoms with Gasteiger partial charge in [-0.2, -0.15) is 0 Å². The van der Waals surface area contributed by atoms with E-state index in [9.17, 15) is 14.4 Å². The summed E-state index contributed by atoms with van der Waals surface area (Å²) in [6.07, 6.45) is 1.65. The number of carbonyl (C=O) groups is 3. The molecule has 1 heterocycles. The van der Waals surface area contributed by atoms with Gasteiger partial charge in [-0.25, -0.2) is 0 Å². The minimum Gasteiger partial charge on any atom is -0.484 e. The average Bonchev–Trinajstić information content (AvgIpc) is 3.09. The number of nitrogens with one attached hydrogen (secondary N) is 1. The second-order valence-corrected chi connectivity index (χ2v) is 10.1. The Labute approximate surface area is 220 Å². The van der Waals surface area contributed by atoms with E-state index in [-0.39, 0.29) is 30.2 Å². The summed E-state index contributed by atoms with van der Waals surface area (Å²) in [7, 11) is 0. The second-order valence-electron chi connectivity index (χ2n) is 7.77. The zero-order valence-electron chi connectivity index (χ0n) is 18.6. The average molecular weight is 572 g/mol. The SMILES string of the molecule is Cc1ccc(NC(=O)COc2cccc(/C=C3\SC(=O)N(Cc4ccc(Br)cc4)C3=O)c2)cc1Cl. The van der Waals surface area contributed by atoms with E-state index >= 15 is 0 Å². The molecular weight excluding hydrogens is 552 g/mol. The van der Waals surface area contributed by atoms with Gasteiger partial charge in [-0.15, -0.1) is 0 Å². The first-order valence-corrected chi connectivity index (χ1v) is 12.6. The quantitative estimate of drug-likeness (QED) is 0.321. The molecule has 178 valence electrons. The largest absolute Gasteiger partial charge is 0.484 e. The van der Waals surface area contributed by atoms with Crippen LogP contribution < -0.4 is 10.1 Å². The summed E-state index contributed by atoms with van der Waals surface area (Å²) in [5.74, 6) is -0.209. The van der Waals surface area contributed by atoms with Gasteiger partial charge in [0.05, 0.1) is 11.4 Å². The highest BCUT2D eigenvalue weighted by Gasteiger charge is 2.34. The van der Waals surface area contributed by atoms with E-state index in [1.54, 1.807) is 42.5 Å². The van der Waals surface area contributed by atoms with Crippen molar-refractivity contribution >= 4 is 68.1 Å². The summed E-state index contributed by atoms with van der Waals surface area (Å²) in [5, 5.41) is 2.99. The van der Waals surface area contributed by atoms with Crippen LogP contribution in [-0.2, 0) is 16.1 Å². The van der Waals surface area contributed by atoms with E-state index in [1.165, 1.54) is 4.90 Å². The third-order valence-electron chi connectivity index (χ3n) is 5.11. The lowest BCUT2D eigenvalue weighted by atomic mass is 10.2. The van der Waals surface area contributed by atoms with Crippen molar-refractivity contribution in [1.82, 2.24) is 4.90 Å². The fourth-order valence-corrected chi connectivity index (χ4v) is 4.55. The highest BCUT2D eigenvalue weighted by atomic mass is 79.9. The van der Waals surface area contributed by atoms with Crippen LogP contribution in [-0.4, -0.2) is 28.6 Å². The van der Waals surface area contributed by atoms with Crippen LogP contribution in [0.15, 0.2) is 76.1 Å². The lowest BCUT2D eigenvalue weighted by Gasteiger charge is -2.12. The van der Waals surface area contributed by atoms with E-state index in [1.807, 2.05) is 37.3 Å². The summed E-state index contributed by atoms with van der Waals surface area (Å²) in [6.45, 7) is 1.89. The fraction of sp³-hybridized carbons (Fsp3) is 0.115. The van der Waals surface area contributed by atoms with Crippen LogP contribution in [0, 0.1) is 6.92 Å². The summed E-state index contributed by atoms with van der Waals surface area (Å²) < 4.78 is 6.54. The van der Waals surface area contributed by atoms with E-state index in [2.05, 4.69) is 21.2 Å². The standard InChI is InChI=1S/C26H20BrClN2O4S/c1-16-5-10-20(13-22(16)28)29-24(31)15-34-21-4-2-3-18(11-21)12-23-25(32)30(26(33)35-23)14-17-6-8-19(27)9-7-17/h2-13H,14-15H2,1H3,(H,29,31)/b23-12-. The Kier molecular flexibility index (Phi) is 7.95. The maximum absolute atomic E-state index is 12.8. The van der Waals surface area contributed by atoms with Gasteiger partial charge in [0.25, 0.3) is 17.1 Å². The number of anilines is 1. The lowest BCUT2D eigenvalue weighted by Crippen LogP contribution is -2.27. The van der Waals surface area contributed by atoms with E-state index in [4.69, 9.17) is 16.3 Å². The zero-order chi connectivity index (χ0) is 24.9. The first-order chi connectivity index (χ1) is 16.8. The summed E-state index contributed by atoms with van der Waals surface area (Å²) in [6, 6.07) is 19.7. The van der Waals surface area contributed by atoms with Crippen LogP contribution in [0.2, 0.25) is 5.02 Å². The van der Waals surface area contributed by atoms with Gasteiger partial charge >= 0.3 is 0 Å². The molecule has 0 unspecified atom stereocenters. The van der Waals surface area contributed by atoms with Gasteiger partial charge in [-0.05, 0) is 77.9 Å². The molecule has 3 aromatic carbocycles. The molecule has 1 fully saturated rings. The van der Waals surface area contributed by atoms with E-state index in [0.717, 1.165) is 27.4 Å². The van der Waals surface area contributed by atoms with Gasteiger partial charge in [0.2, 0.25) is 0 Å². The number of rotatable bonds is 7. The minimum absolute atomic E-state index is 0.196. The van der Waals surface area contributed by atoms with Gasteiger partial charge in [0, 0.05) is 15.2 Å². The van der Waals surface area contributed by atoms with Gasteiger partial charge in [0.1, 0.15) is 5.75 Å². The summed E-state index contributed by atoms with van der Waals surface area (Å²) in [5.41, 5.74) is 3.05. The molecule has 3 amide bonds. The van der Waals surface area contributed by atoms with Gasteiger partial charge in [-0.1, -0.05) is 57.9 Å². The summed E-state index contributed by atoms with van der Waals surface area (Å²) >= 11 is 10.4. The van der Waals surface area contributed by atoms with Crippen LogP contribution in [0.5, 0.6) is 5.75 Å². The molecule has 9 heteroatoms. The molecule has 1 aliphatic heterocycles. The number of hydrogen-bond acceptors (Lipinski definition) is 5. The molecule has 0 bridgehead atoms. The minimum atomic E-state index is -0.342. The number of aryl methyl sites for hydroxylation is 1. The Hall–Kier alpha value is -3.07. The Balaban J connectivity index is 1.38. The molecule has 1 saturated heterocycles. The van der Waals surface area contributed by atoms with Crippen LogP contribution >= 0.6 is 39.3 Å². The number of benzene rings is 3.